The van der Waals surface area contributed by atoms with Gasteiger partial charge in [0, 0.05) is 58.9 Å². The third-order valence-corrected chi connectivity index (χ3v) is 3.36. The highest BCUT2D eigenvalue weighted by Crippen LogP contribution is 2.12. The number of nitrogens with zero attached hydrogens (tertiary/aromatic N) is 4. The Kier molecular flexibility index (Phi) is 5.35. The van der Waals surface area contributed by atoms with Gasteiger partial charge in [-0.15, -0.1) is 0 Å². The predicted octanol–water partition coefficient (Wildman–Crippen LogP) is 0.250. The van der Waals surface area contributed by atoms with Gasteiger partial charge in [0.05, 0.1) is 0 Å². The summed E-state index contributed by atoms with van der Waals surface area (Å²) >= 11 is 0. The standard InChI is InChI=1S/C13H24N6/c1-3-15-12-10-13(17-11-16-12)18(2)8-9-19-6-4-14-5-7-19/h10-11,14H,3-9H2,1-2H3,(H,15,16,17). The maximum Gasteiger partial charge on any atom is 0.133 e. The minimum atomic E-state index is 0.876. The number of hydrogen-bond acceptors (Lipinski definition) is 6. The maximum atomic E-state index is 4.33. The summed E-state index contributed by atoms with van der Waals surface area (Å²) in [4.78, 5) is 13.2. The molecule has 1 saturated heterocycles. The van der Waals surface area contributed by atoms with Crippen LogP contribution in [0, 0.1) is 0 Å². The summed E-state index contributed by atoms with van der Waals surface area (Å²) < 4.78 is 0. The second kappa shape index (κ2) is 7.25. The van der Waals surface area contributed by atoms with Crippen LogP contribution in [0.15, 0.2) is 12.4 Å². The summed E-state index contributed by atoms with van der Waals surface area (Å²) in [5, 5.41) is 6.58. The topological polar surface area (TPSA) is 56.3 Å². The predicted molar refractivity (Wildman–Crippen MR) is 78.8 cm³/mol. The molecule has 106 valence electrons. The summed E-state index contributed by atoms with van der Waals surface area (Å²) in [6.45, 7) is 9.49. The van der Waals surface area contributed by atoms with E-state index < -0.39 is 0 Å². The van der Waals surface area contributed by atoms with Crippen LogP contribution in [0.25, 0.3) is 0 Å². The van der Waals surface area contributed by atoms with Crippen molar-refractivity contribution in [3.05, 3.63) is 12.4 Å². The van der Waals surface area contributed by atoms with Gasteiger partial charge in [0.25, 0.3) is 0 Å². The second-order valence-corrected chi connectivity index (χ2v) is 4.80. The zero-order valence-corrected chi connectivity index (χ0v) is 11.9. The van der Waals surface area contributed by atoms with Gasteiger partial charge in [-0.3, -0.25) is 4.90 Å². The molecule has 0 amide bonds. The van der Waals surface area contributed by atoms with E-state index in [9.17, 15) is 0 Å². The fraction of sp³-hybridized carbons (Fsp3) is 0.692. The van der Waals surface area contributed by atoms with Crippen molar-refractivity contribution in [2.75, 3.05) is 63.1 Å². The van der Waals surface area contributed by atoms with Gasteiger partial charge in [-0.25, -0.2) is 9.97 Å². The van der Waals surface area contributed by atoms with Gasteiger partial charge in [-0.1, -0.05) is 0 Å². The smallest absolute Gasteiger partial charge is 0.133 e. The molecule has 2 N–H and O–H groups in total. The Labute approximate surface area is 115 Å². The number of nitrogens with one attached hydrogen (secondary N) is 2. The van der Waals surface area contributed by atoms with E-state index in [1.807, 2.05) is 6.07 Å². The Morgan fingerprint density at radius 1 is 1.37 bits per heavy atom. The summed E-state index contributed by atoms with van der Waals surface area (Å²) in [5.41, 5.74) is 0. The summed E-state index contributed by atoms with van der Waals surface area (Å²) in [7, 11) is 2.08. The molecule has 0 aliphatic carbocycles. The van der Waals surface area contributed by atoms with Crippen LogP contribution < -0.4 is 15.5 Å². The molecule has 1 aromatic rings. The van der Waals surface area contributed by atoms with E-state index in [1.54, 1.807) is 6.33 Å². The first-order chi connectivity index (χ1) is 9.29. The molecule has 1 fully saturated rings. The Bertz CT molecular complexity index is 377. The molecule has 0 saturated carbocycles. The third kappa shape index (κ3) is 4.33. The lowest BCUT2D eigenvalue weighted by Crippen LogP contribution is -2.46. The fourth-order valence-electron chi connectivity index (χ4n) is 2.17. The van der Waals surface area contributed by atoms with E-state index in [4.69, 9.17) is 0 Å². The molecule has 0 aromatic carbocycles. The number of piperazine rings is 1. The van der Waals surface area contributed by atoms with Crippen molar-refractivity contribution >= 4 is 11.6 Å². The minimum Gasteiger partial charge on any atom is -0.370 e. The van der Waals surface area contributed by atoms with Crippen molar-refractivity contribution in [3.63, 3.8) is 0 Å². The molecule has 6 heteroatoms. The van der Waals surface area contributed by atoms with Crippen LogP contribution >= 0.6 is 0 Å². The van der Waals surface area contributed by atoms with Crippen LogP contribution in [-0.2, 0) is 0 Å². The molecule has 0 radical (unpaired) electrons. The van der Waals surface area contributed by atoms with Gasteiger partial charge in [0.15, 0.2) is 0 Å². The van der Waals surface area contributed by atoms with Gasteiger partial charge in [-0.2, -0.15) is 0 Å². The number of rotatable bonds is 6. The van der Waals surface area contributed by atoms with E-state index >= 15 is 0 Å². The molecule has 19 heavy (non-hydrogen) atoms. The molecule has 1 aliphatic heterocycles. The molecule has 2 rings (SSSR count). The molecule has 6 nitrogen and oxygen atoms in total. The summed E-state index contributed by atoms with van der Waals surface area (Å²) in [5.74, 6) is 1.86. The van der Waals surface area contributed by atoms with E-state index in [-0.39, 0.29) is 0 Å². The van der Waals surface area contributed by atoms with Crippen molar-refractivity contribution in [3.8, 4) is 0 Å². The first kappa shape index (κ1) is 14.0. The zero-order chi connectivity index (χ0) is 13.5. The van der Waals surface area contributed by atoms with Gasteiger partial charge < -0.3 is 15.5 Å². The normalized spacial score (nSPS) is 16.3. The Morgan fingerprint density at radius 3 is 2.89 bits per heavy atom. The number of aromatic nitrogens is 2. The van der Waals surface area contributed by atoms with E-state index in [0.29, 0.717) is 0 Å². The van der Waals surface area contributed by atoms with E-state index in [1.165, 1.54) is 0 Å². The van der Waals surface area contributed by atoms with Crippen LogP contribution in [0.1, 0.15) is 6.92 Å². The quantitative estimate of drug-likeness (QED) is 0.768. The van der Waals surface area contributed by atoms with Crippen LogP contribution in [0.5, 0.6) is 0 Å². The number of hydrogen-bond donors (Lipinski definition) is 2. The zero-order valence-electron chi connectivity index (χ0n) is 11.9. The lowest BCUT2D eigenvalue weighted by Gasteiger charge is -2.29. The van der Waals surface area contributed by atoms with Crippen LogP contribution in [0.2, 0.25) is 0 Å². The van der Waals surface area contributed by atoms with Crippen LogP contribution in [-0.4, -0.2) is 67.7 Å². The van der Waals surface area contributed by atoms with E-state index in [2.05, 4.69) is 44.4 Å². The monoisotopic (exact) mass is 264 g/mol. The van der Waals surface area contributed by atoms with Crippen molar-refractivity contribution < 1.29 is 0 Å². The van der Waals surface area contributed by atoms with Crippen LogP contribution in [0.4, 0.5) is 11.6 Å². The third-order valence-electron chi connectivity index (χ3n) is 3.36. The van der Waals surface area contributed by atoms with E-state index in [0.717, 1.165) is 57.4 Å². The van der Waals surface area contributed by atoms with Crippen LogP contribution in [0.3, 0.4) is 0 Å². The van der Waals surface area contributed by atoms with Gasteiger partial charge >= 0.3 is 0 Å². The van der Waals surface area contributed by atoms with Gasteiger partial charge in [-0.05, 0) is 6.92 Å². The van der Waals surface area contributed by atoms with Gasteiger partial charge in [0.1, 0.15) is 18.0 Å². The van der Waals surface area contributed by atoms with Crippen molar-refractivity contribution in [2.24, 2.45) is 0 Å². The lowest BCUT2D eigenvalue weighted by molar-refractivity contribution is 0.246. The second-order valence-electron chi connectivity index (χ2n) is 4.80. The SMILES string of the molecule is CCNc1cc(N(C)CCN2CCNCC2)ncn1. The van der Waals surface area contributed by atoms with Crippen molar-refractivity contribution in [2.45, 2.75) is 6.92 Å². The molecule has 2 heterocycles. The highest BCUT2D eigenvalue weighted by atomic mass is 15.2. The van der Waals surface area contributed by atoms with Gasteiger partial charge in [0.2, 0.25) is 0 Å². The molecule has 0 bridgehead atoms. The first-order valence-corrected chi connectivity index (χ1v) is 6.99. The first-order valence-electron chi connectivity index (χ1n) is 6.99. The molecule has 1 aromatic heterocycles. The summed E-state index contributed by atoms with van der Waals surface area (Å²) in [6, 6.07) is 2.00. The van der Waals surface area contributed by atoms with Crippen molar-refractivity contribution in [1.82, 2.24) is 20.2 Å². The summed E-state index contributed by atoms with van der Waals surface area (Å²) in [6.07, 6.45) is 1.62. The molecule has 0 atom stereocenters. The maximum absolute atomic E-state index is 4.33. The molecular weight excluding hydrogens is 240 g/mol. The Balaban J connectivity index is 1.84. The lowest BCUT2D eigenvalue weighted by atomic mass is 10.3. The number of likely N-dealkylation sites (N-methyl/N-ethyl adjacent to an activating group) is 1. The average Bonchev–Trinajstić information content (AvgIpc) is 2.46. The average molecular weight is 264 g/mol. The molecule has 1 aliphatic rings. The highest BCUT2D eigenvalue weighted by molar-refractivity contribution is 5.47. The molecular formula is C13H24N6. The Hall–Kier alpha value is -1.40. The minimum absolute atomic E-state index is 0.876. The highest BCUT2D eigenvalue weighted by Gasteiger charge is 2.11. The number of anilines is 2. The Morgan fingerprint density at radius 2 is 2.16 bits per heavy atom. The molecule has 0 unspecified atom stereocenters. The largest absolute Gasteiger partial charge is 0.370 e. The molecule has 0 spiro atoms. The van der Waals surface area contributed by atoms with Crippen molar-refractivity contribution in [1.29, 1.82) is 0 Å². The fourth-order valence-corrected chi connectivity index (χ4v) is 2.17.